The summed E-state index contributed by atoms with van der Waals surface area (Å²) in [6.07, 6.45) is 1.61. The van der Waals surface area contributed by atoms with Crippen molar-refractivity contribution in [3.8, 4) is 5.75 Å². The fraction of sp³-hybridized carbons (Fsp3) is 0.100. The van der Waals surface area contributed by atoms with Crippen LogP contribution in [-0.2, 0) is 6.61 Å². The molecule has 0 aliphatic carbocycles. The molecule has 1 N–H and O–H groups in total. The summed E-state index contributed by atoms with van der Waals surface area (Å²) in [4.78, 5) is 16.5. The zero-order valence-corrected chi connectivity index (χ0v) is 15.3. The Kier molecular flexibility index (Phi) is 5.46. The number of nitrogens with one attached hydrogen (secondary N) is 1. The van der Waals surface area contributed by atoms with Crippen molar-refractivity contribution >= 4 is 27.5 Å². The smallest absolute Gasteiger partial charge is 0.274 e. The molecular weight excluding hydrogens is 380 g/mol. The molecule has 1 heterocycles. The molecule has 0 radical (unpaired) electrons. The molecule has 25 heavy (non-hydrogen) atoms. The van der Waals surface area contributed by atoms with E-state index in [9.17, 15) is 4.79 Å². The van der Waals surface area contributed by atoms with Gasteiger partial charge in [0.2, 0.25) is 0 Å². The number of benzene rings is 2. The van der Waals surface area contributed by atoms with Crippen LogP contribution in [0.15, 0.2) is 71.3 Å². The number of amides is 1. The molecule has 0 fully saturated rings. The molecule has 0 aliphatic rings. The van der Waals surface area contributed by atoms with Crippen molar-refractivity contribution < 1.29 is 9.53 Å². The lowest BCUT2D eigenvalue weighted by Crippen LogP contribution is -2.15. The number of aryl methyl sites for hydroxylation is 1. The van der Waals surface area contributed by atoms with Gasteiger partial charge in [0, 0.05) is 16.4 Å². The van der Waals surface area contributed by atoms with Gasteiger partial charge in [0.05, 0.1) is 0 Å². The van der Waals surface area contributed by atoms with Crippen molar-refractivity contribution in [1.29, 1.82) is 0 Å². The number of rotatable bonds is 5. The summed E-state index contributed by atoms with van der Waals surface area (Å²) in [5.41, 5.74) is 3.03. The molecular formula is C20H17BrN2O2. The average Bonchev–Trinajstić information content (AvgIpc) is 2.62. The Morgan fingerprint density at radius 2 is 1.84 bits per heavy atom. The lowest BCUT2D eigenvalue weighted by molar-refractivity contribution is 0.102. The number of aromatic nitrogens is 1. The van der Waals surface area contributed by atoms with Crippen LogP contribution in [0.4, 0.5) is 5.69 Å². The first kappa shape index (κ1) is 17.2. The number of halogens is 1. The summed E-state index contributed by atoms with van der Waals surface area (Å²) in [5, 5.41) is 2.85. The Morgan fingerprint density at radius 1 is 1.12 bits per heavy atom. The van der Waals surface area contributed by atoms with Crippen LogP contribution < -0.4 is 10.1 Å². The summed E-state index contributed by atoms with van der Waals surface area (Å²) in [7, 11) is 0. The first-order chi connectivity index (χ1) is 12.1. The van der Waals surface area contributed by atoms with E-state index >= 15 is 0 Å². The second-order valence-electron chi connectivity index (χ2n) is 5.57. The van der Waals surface area contributed by atoms with Crippen LogP contribution in [-0.4, -0.2) is 10.9 Å². The molecule has 1 aromatic heterocycles. The van der Waals surface area contributed by atoms with Crippen molar-refractivity contribution in [1.82, 2.24) is 4.98 Å². The van der Waals surface area contributed by atoms with Gasteiger partial charge >= 0.3 is 0 Å². The second kappa shape index (κ2) is 7.94. The molecule has 0 saturated carbocycles. The van der Waals surface area contributed by atoms with E-state index in [0.29, 0.717) is 18.0 Å². The van der Waals surface area contributed by atoms with E-state index in [2.05, 4.69) is 26.2 Å². The Bertz CT molecular complexity index is 865. The predicted molar refractivity (Wildman–Crippen MR) is 102 cm³/mol. The molecule has 0 aliphatic heterocycles. The van der Waals surface area contributed by atoms with Gasteiger partial charge in [-0.1, -0.05) is 30.3 Å². The molecule has 0 saturated heterocycles. The molecule has 0 spiro atoms. The average molecular weight is 397 g/mol. The number of nitrogens with zero attached hydrogens (tertiary/aromatic N) is 1. The van der Waals surface area contributed by atoms with Gasteiger partial charge < -0.3 is 10.1 Å². The molecule has 4 nitrogen and oxygen atoms in total. The van der Waals surface area contributed by atoms with Crippen LogP contribution in [0.5, 0.6) is 5.75 Å². The molecule has 3 rings (SSSR count). The minimum Gasteiger partial charge on any atom is -0.489 e. The zero-order chi connectivity index (χ0) is 17.6. The fourth-order valence-electron chi connectivity index (χ4n) is 2.34. The van der Waals surface area contributed by atoms with Gasteiger partial charge in [0.1, 0.15) is 18.1 Å². The summed E-state index contributed by atoms with van der Waals surface area (Å²) in [6.45, 7) is 2.36. The highest BCUT2D eigenvalue weighted by Gasteiger charge is 2.11. The van der Waals surface area contributed by atoms with E-state index in [1.54, 1.807) is 6.20 Å². The van der Waals surface area contributed by atoms with Gasteiger partial charge in [0.25, 0.3) is 5.91 Å². The normalized spacial score (nSPS) is 10.3. The van der Waals surface area contributed by atoms with E-state index in [4.69, 9.17) is 4.74 Å². The second-order valence-corrected chi connectivity index (χ2v) is 6.49. The molecule has 126 valence electrons. The summed E-state index contributed by atoms with van der Waals surface area (Å²) in [5.74, 6) is 0.516. The molecule has 3 aromatic rings. The minimum atomic E-state index is -0.233. The number of anilines is 1. The van der Waals surface area contributed by atoms with Crippen LogP contribution in [0.2, 0.25) is 0 Å². The zero-order valence-electron chi connectivity index (χ0n) is 13.7. The standard InChI is InChI=1S/C20H17BrN2O2/c1-14-11-16(21)12-22-19(14)20(24)23-17-7-9-18(10-8-17)25-13-15-5-3-2-4-6-15/h2-12H,13H2,1H3,(H,23,24). The number of hydrogen-bond donors (Lipinski definition) is 1. The lowest BCUT2D eigenvalue weighted by Gasteiger charge is -2.09. The Morgan fingerprint density at radius 3 is 2.52 bits per heavy atom. The van der Waals surface area contributed by atoms with E-state index in [1.807, 2.05) is 67.6 Å². The lowest BCUT2D eigenvalue weighted by atomic mass is 10.2. The van der Waals surface area contributed by atoms with Crippen LogP contribution >= 0.6 is 15.9 Å². The van der Waals surface area contributed by atoms with E-state index in [-0.39, 0.29) is 5.91 Å². The fourth-order valence-corrected chi connectivity index (χ4v) is 2.79. The Balaban J connectivity index is 1.61. The van der Waals surface area contributed by atoms with E-state index in [1.165, 1.54) is 0 Å². The van der Waals surface area contributed by atoms with Gasteiger partial charge in [0.15, 0.2) is 0 Å². The molecule has 0 unspecified atom stereocenters. The van der Waals surface area contributed by atoms with Crippen molar-refractivity contribution in [2.45, 2.75) is 13.5 Å². The van der Waals surface area contributed by atoms with Gasteiger partial charge in [-0.3, -0.25) is 4.79 Å². The van der Waals surface area contributed by atoms with Crippen LogP contribution in [0.1, 0.15) is 21.6 Å². The molecule has 1 amide bonds. The number of hydrogen-bond acceptors (Lipinski definition) is 3. The third-order valence-corrected chi connectivity index (χ3v) is 4.05. The van der Waals surface area contributed by atoms with Gasteiger partial charge in [-0.15, -0.1) is 0 Å². The summed E-state index contributed by atoms with van der Waals surface area (Å²) < 4.78 is 6.59. The summed E-state index contributed by atoms with van der Waals surface area (Å²) in [6, 6.07) is 19.1. The quantitative estimate of drug-likeness (QED) is 0.661. The van der Waals surface area contributed by atoms with Crippen LogP contribution in [0.3, 0.4) is 0 Å². The number of pyridine rings is 1. The highest BCUT2D eigenvalue weighted by molar-refractivity contribution is 9.10. The van der Waals surface area contributed by atoms with Crippen LogP contribution in [0.25, 0.3) is 0 Å². The number of carbonyl (C=O) groups excluding carboxylic acids is 1. The maximum atomic E-state index is 12.3. The molecule has 0 bridgehead atoms. The highest BCUT2D eigenvalue weighted by atomic mass is 79.9. The first-order valence-corrected chi connectivity index (χ1v) is 8.61. The third kappa shape index (κ3) is 4.67. The van der Waals surface area contributed by atoms with Gasteiger partial charge in [-0.05, 0) is 64.3 Å². The summed E-state index contributed by atoms with van der Waals surface area (Å²) >= 11 is 3.34. The predicted octanol–water partition coefficient (Wildman–Crippen LogP) is 4.98. The van der Waals surface area contributed by atoms with Crippen molar-refractivity contribution in [2.24, 2.45) is 0 Å². The maximum absolute atomic E-state index is 12.3. The molecule has 2 aromatic carbocycles. The number of carbonyl (C=O) groups is 1. The first-order valence-electron chi connectivity index (χ1n) is 7.82. The highest BCUT2D eigenvalue weighted by Crippen LogP contribution is 2.19. The third-order valence-electron chi connectivity index (χ3n) is 3.62. The van der Waals surface area contributed by atoms with Crippen LogP contribution in [0, 0.1) is 6.92 Å². The number of ether oxygens (including phenoxy) is 1. The van der Waals surface area contributed by atoms with E-state index in [0.717, 1.165) is 21.3 Å². The largest absolute Gasteiger partial charge is 0.489 e. The Hall–Kier alpha value is -2.66. The maximum Gasteiger partial charge on any atom is 0.274 e. The van der Waals surface area contributed by atoms with Gasteiger partial charge in [-0.25, -0.2) is 4.98 Å². The SMILES string of the molecule is Cc1cc(Br)cnc1C(=O)Nc1ccc(OCc2ccccc2)cc1. The van der Waals surface area contributed by atoms with Crippen molar-refractivity contribution in [3.05, 3.63) is 88.2 Å². The van der Waals surface area contributed by atoms with Gasteiger partial charge in [-0.2, -0.15) is 0 Å². The molecule has 0 atom stereocenters. The van der Waals surface area contributed by atoms with Crippen molar-refractivity contribution in [2.75, 3.05) is 5.32 Å². The Labute approximate surface area is 155 Å². The topological polar surface area (TPSA) is 51.2 Å². The minimum absolute atomic E-state index is 0.233. The monoisotopic (exact) mass is 396 g/mol. The van der Waals surface area contributed by atoms with Crippen molar-refractivity contribution in [3.63, 3.8) is 0 Å². The molecule has 5 heteroatoms. The van der Waals surface area contributed by atoms with E-state index < -0.39 is 0 Å².